The molecule has 0 amide bonds. The van der Waals surface area contributed by atoms with E-state index in [2.05, 4.69) is 9.98 Å². The number of allylic oxidation sites excluding steroid dienone is 1. The Balaban J connectivity index is 1.73. The number of aryl methyl sites for hydroxylation is 1. The normalized spacial score (nSPS) is 14.1. The van der Waals surface area contributed by atoms with Crippen LogP contribution in [0.15, 0.2) is 63.1 Å². The molecule has 0 aliphatic carbocycles. The van der Waals surface area contributed by atoms with Gasteiger partial charge in [-0.1, -0.05) is 30.3 Å². The van der Waals surface area contributed by atoms with Crippen LogP contribution in [0, 0.1) is 5.82 Å². The third-order valence-corrected chi connectivity index (χ3v) is 4.90. The van der Waals surface area contributed by atoms with Gasteiger partial charge in [0.2, 0.25) is 5.88 Å². The lowest BCUT2D eigenvalue weighted by molar-refractivity contribution is 0.399. The number of rotatable bonds is 4. The topological polar surface area (TPSA) is 87.4 Å². The van der Waals surface area contributed by atoms with Crippen molar-refractivity contribution in [2.24, 2.45) is 4.99 Å². The molecule has 2 N–H and O–H groups in total. The first-order valence-electron chi connectivity index (χ1n) is 9.11. The van der Waals surface area contributed by atoms with Gasteiger partial charge in [0.05, 0.1) is 5.69 Å². The van der Waals surface area contributed by atoms with Crippen LogP contribution in [0.4, 0.5) is 10.1 Å². The van der Waals surface area contributed by atoms with E-state index in [0.29, 0.717) is 17.7 Å². The van der Waals surface area contributed by atoms with Crippen molar-refractivity contribution >= 4 is 23.0 Å². The molecule has 0 spiro atoms. The number of aliphatic imine (C=N–C) groups is 1. The van der Waals surface area contributed by atoms with Crippen LogP contribution in [-0.4, -0.2) is 20.4 Å². The first-order valence-corrected chi connectivity index (χ1v) is 9.11. The van der Waals surface area contributed by atoms with Gasteiger partial charge in [0, 0.05) is 23.4 Å². The van der Waals surface area contributed by atoms with Gasteiger partial charge in [0.1, 0.15) is 11.4 Å². The Bertz CT molecular complexity index is 1270. The van der Waals surface area contributed by atoms with Gasteiger partial charge in [0.15, 0.2) is 0 Å². The van der Waals surface area contributed by atoms with Crippen LogP contribution >= 0.6 is 0 Å². The van der Waals surface area contributed by atoms with Crippen LogP contribution in [0.2, 0.25) is 0 Å². The summed E-state index contributed by atoms with van der Waals surface area (Å²) < 4.78 is 14.2. The number of aromatic hydroxyl groups is 1. The fourth-order valence-corrected chi connectivity index (χ4v) is 3.37. The molecule has 0 saturated heterocycles. The second-order valence-electron chi connectivity index (χ2n) is 6.80. The van der Waals surface area contributed by atoms with Gasteiger partial charge in [-0.2, -0.15) is 0 Å². The zero-order chi connectivity index (χ0) is 20.5. The Morgan fingerprint density at radius 2 is 1.86 bits per heavy atom. The third-order valence-electron chi connectivity index (χ3n) is 4.90. The smallest absolute Gasteiger partial charge is 0.331 e. The molecule has 1 aliphatic rings. The highest BCUT2D eigenvalue weighted by atomic mass is 19.1. The summed E-state index contributed by atoms with van der Waals surface area (Å²) in [4.78, 5) is 31.3. The van der Waals surface area contributed by atoms with Crippen LogP contribution in [0.1, 0.15) is 23.6 Å². The van der Waals surface area contributed by atoms with E-state index in [1.54, 1.807) is 18.2 Å². The number of nitrogens with zero attached hydrogens (tertiary/aromatic N) is 2. The van der Waals surface area contributed by atoms with Crippen LogP contribution < -0.4 is 11.2 Å². The Hall–Kier alpha value is -3.74. The summed E-state index contributed by atoms with van der Waals surface area (Å²) in [5.41, 5.74) is 2.49. The highest BCUT2D eigenvalue weighted by Gasteiger charge is 2.20. The van der Waals surface area contributed by atoms with Gasteiger partial charge in [-0.05, 0) is 43.2 Å². The van der Waals surface area contributed by atoms with E-state index in [1.807, 2.05) is 31.2 Å². The molecule has 0 fully saturated rings. The third kappa shape index (κ3) is 3.54. The molecule has 4 rings (SSSR count). The van der Waals surface area contributed by atoms with Crippen LogP contribution in [-0.2, 0) is 13.0 Å². The average molecular weight is 391 g/mol. The Labute approximate surface area is 165 Å². The van der Waals surface area contributed by atoms with Gasteiger partial charge in [0.25, 0.3) is 5.56 Å². The van der Waals surface area contributed by atoms with E-state index in [1.165, 1.54) is 12.1 Å². The van der Waals surface area contributed by atoms with E-state index in [9.17, 15) is 19.1 Å². The molecule has 2 aromatic carbocycles. The molecular weight excluding hydrogens is 373 g/mol. The van der Waals surface area contributed by atoms with Crippen molar-refractivity contribution in [3.8, 4) is 5.88 Å². The summed E-state index contributed by atoms with van der Waals surface area (Å²) in [5.74, 6) is -0.758. The molecule has 0 radical (unpaired) electrons. The SMILES string of the molecule is CC1=Nc2ccccc2/C1=C\c1c(O)n(CCc2ccc(F)cc2)c(=O)[nH]c1=O. The molecule has 0 unspecified atom stereocenters. The monoisotopic (exact) mass is 391 g/mol. The number of aromatic nitrogens is 2. The predicted octanol–water partition coefficient (Wildman–Crippen LogP) is 3.27. The van der Waals surface area contributed by atoms with Crippen molar-refractivity contribution < 1.29 is 9.50 Å². The molecule has 2 heterocycles. The van der Waals surface area contributed by atoms with E-state index >= 15 is 0 Å². The summed E-state index contributed by atoms with van der Waals surface area (Å²) in [6.45, 7) is 1.95. The predicted molar refractivity (Wildman–Crippen MR) is 110 cm³/mol. The van der Waals surface area contributed by atoms with Crippen molar-refractivity contribution in [2.75, 3.05) is 0 Å². The number of H-pyrrole nitrogens is 1. The minimum atomic E-state index is -0.700. The number of para-hydroxylation sites is 1. The second-order valence-corrected chi connectivity index (χ2v) is 6.80. The number of halogens is 1. The van der Waals surface area contributed by atoms with E-state index in [-0.39, 0.29) is 17.9 Å². The Morgan fingerprint density at radius 1 is 1.14 bits per heavy atom. The number of nitrogens with one attached hydrogen (secondary N) is 1. The lowest BCUT2D eigenvalue weighted by atomic mass is 10.0. The zero-order valence-corrected chi connectivity index (χ0v) is 15.6. The summed E-state index contributed by atoms with van der Waals surface area (Å²) in [5, 5.41) is 10.7. The van der Waals surface area contributed by atoms with E-state index in [4.69, 9.17) is 0 Å². The van der Waals surface area contributed by atoms with Crippen molar-refractivity contribution in [3.05, 3.63) is 91.9 Å². The number of hydrogen-bond donors (Lipinski definition) is 2. The maximum Gasteiger partial charge on any atom is 0.331 e. The quantitative estimate of drug-likeness (QED) is 0.716. The van der Waals surface area contributed by atoms with E-state index < -0.39 is 17.1 Å². The van der Waals surface area contributed by atoms with Gasteiger partial charge >= 0.3 is 5.69 Å². The summed E-state index contributed by atoms with van der Waals surface area (Å²) in [7, 11) is 0. The maximum absolute atomic E-state index is 13.1. The van der Waals surface area contributed by atoms with Crippen molar-refractivity contribution in [1.29, 1.82) is 0 Å². The number of hydrogen-bond acceptors (Lipinski definition) is 4. The van der Waals surface area contributed by atoms with Gasteiger partial charge in [-0.15, -0.1) is 0 Å². The minimum Gasteiger partial charge on any atom is -0.494 e. The molecule has 6 nitrogen and oxygen atoms in total. The fourth-order valence-electron chi connectivity index (χ4n) is 3.37. The molecule has 0 saturated carbocycles. The largest absolute Gasteiger partial charge is 0.494 e. The first-order chi connectivity index (χ1) is 13.9. The van der Waals surface area contributed by atoms with Gasteiger partial charge < -0.3 is 5.11 Å². The van der Waals surface area contributed by atoms with Gasteiger partial charge in [-0.3, -0.25) is 19.3 Å². The van der Waals surface area contributed by atoms with Crippen molar-refractivity contribution in [3.63, 3.8) is 0 Å². The standard InChI is InChI=1S/C22H18FN3O3/c1-13-17(16-4-2-3-5-19(16)24-13)12-18-20(27)25-22(29)26(21(18)28)11-10-14-6-8-15(23)9-7-14/h2-9,12,28H,10-11H2,1H3,(H,25,27,29)/b17-12-. The fraction of sp³-hybridized carbons (Fsp3) is 0.136. The summed E-state index contributed by atoms with van der Waals surface area (Å²) in [6.07, 6.45) is 1.94. The number of aromatic amines is 1. The molecule has 1 aromatic heterocycles. The Kier molecular flexibility index (Phi) is 4.72. The van der Waals surface area contributed by atoms with Crippen LogP contribution in [0.25, 0.3) is 11.6 Å². The molecule has 3 aromatic rings. The Morgan fingerprint density at radius 3 is 2.62 bits per heavy atom. The van der Waals surface area contributed by atoms with E-state index in [0.717, 1.165) is 21.4 Å². The van der Waals surface area contributed by atoms with Crippen molar-refractivity contribution in [1.82, 2.24) is 9.55 Å². The second kappa shape index (κ2) is 7.35. The molecule has 146 valence electrons. The number of fused-ring (bicyclic) bond motifs is 1. The van der Waals surface area contributed by atoms with Crippen LogP contribution in [0.5, 0.6) is 5.88 Å². The number of benzene rings is 2. The zero-order valence-electron chi connectivity index (χ0n) is 15.6. The highest BCUT2D eigenvalue weighted by Crippen LogP contribution is 2.35. The molecule has 29 heavy (non-hydrogen) atoms. The maximum atomic E-state index is 13.1. The highest BCUT2D eigenvalue weighted by molar-refractivity contribution is 6.31. The van der Waals surface area contributed by atoms with Crippen LogP contribution in [0.3, 0.4) is 0 Å². The minimum absolute atomic E-state index is 0.00930. The first kappa shape index (κ1) is 18.6. The molecule has 0 bridgehead atoms. The summed E-state index contributed by atoms with van der Waals surface area (Å²) >= 11 is 0. The lowest BCUT2D eigenvalue weighted by Crippen LogP contribution is -2.32. The molecular formula is C22H18FN3O3. The molecule has 0 atom stereocenters. The van der Waals surface area contributed by atoms with Crippen molar-refractivity contribution in [2.45, 2.75) is 19.9 Å². The molecule has 7 heteroatoms. The average Bonchev–Trinajstić information content (AvgIpc) is 3.01. The van der Waals surface area contributed by atoms with Gasteiger partial charge in [-0.25, -0.2) is 9.18 Å². The summed E-state index contributed by atoms with van der Waals surface area (Å²) in [6, 6.07) is 13.4. The molecule has 1 aliphatic heterocycles. The lowest BCUT2D eigenvalue weighted by Gasteiger charge is -2.11.